The summed E-state index contributed by atoms with van der Waals surface area (Å²) in [5, 5.41) is 4.73. The van der Waals surface area contributed by atoms with E-state index in [1.54, 1.807) is 12.4 Å². The highest BCUT2D eigenvalue weighted by Crippen LogP contribution is 2.34. The van der Waals surface area contributed by atoms with Gasteiger partial charge in [0.25, 0.3) is 0 Å². The first-order valence-electron chi connectivity index (χ1n) is 9.33. The molecule has 0 radical (unpaired) electrons. The summed E-state index contributed by atoms with van der Waals surface area (Å²) in [6.45, 7) is 1.63. The molecule has 1 amide bonds. The van der Waals surface area contributed by atoms with Gasteiger partial charge in [0.2, 0.25) is 5.91 Å². The number of piperidine rings is 1. The van der Waals surface area contributed by atoms with E-state index >= 15 is 0 Å². The van der Waals surface area contributed by atoms with Gasteiger partial charge in [-0.3, -0.25) is 9.78 Å². The fraction of sp³-hybridized carbons (Fsp3) is 0.400. The second-order valence-electron chi connectivity index (χ2n) is 7.32. The van der Waals surface area contributed by atoms with E-state index in [4.69, 9.17) is 10.1 Å². The topological polar surface area (TPSA) is 63.4 Å². The van der Waals surface area contributed by atoms with Crippen molar-refractivity contribution < 1.29 is 4.79 Å². The molecule has 6 heteroatoms. The van der Waals surface area contributed by atoms with Crippen LogP contribution in [0.25, 0.3) is 16.8 Å². The molecule has 0 spiro atoms. The van der Waals surface area contributed by atoms with E-state index in [-0.39, 0.29) is 11.8 Å². The number of likely N-dealkylation sites (tertiary alicyclic amines) is 1. The van der Waals surface area contributed by atoms with Crippen LogP contribution < -0.4 is 0 Å². The van der Waals surface area contributed by atoms with Crippen LogP contribution in [0.5, 0.6) is 0 Å². The van der Waals surface area contributed by atoms with Crippen LogP contribution in [0.4, 0.5) is 0 Å². The summed E-state index contributed by atoms with van der Waals surface area (Å²) in [5.41, 5.74) is 3.05. The number of pyridine rings is 2. The van der Waals surface area contributed by atoms with E-state index in [9.17, 15) is 4.79 Å². The molecule has 26 heavy (non-hydrogen) atoms. The van der Waals surface area contributed by atoms with Crippen molar-refractivity contribution in [1.29, 1.82) is 0 Å². The molecular weight excluding hydrogens is 326 g/mol. The van der Waals surface area contributed by atoms with E-state index in [0.29, 0.717) is 5.91 Å². The molecule has 1 atom stereocenters. The average Bonchev–Trinajstić information content (AvgIpc) is 3.46. The van der Waals surface area contributed by atoms with Gasteiger partial charge in [-0.05, 0) is 55.5 Å². The van der Waals surface area contributed by atoms with Crippen molar-refractivity contribution in [3.63, 3.8) is 0 Å². The largest absolute Gasteiger partial charge is 0.342 e. The van der Waals surface area contributed by atoms with E-state index in [1.807, 2.05) is 33.8 Å². The Morgan fingerprint density at radius 1 is 1.04 bits per heavy atom. The summed E-state index contributed by atoms with van der Waals surface area (Å²) in [6.07, 6.45) is 9.79. The minimum absolute atomic E-state index is 0.232. The van der Waals surface area contributed by atoms with Crippen LogP contribution in [0, 0.1) is 5.92 Å². The van der Waals surface area contributed by atoms with Crippen molar-refractivity contribution >= 4 is 11.6 Å². The van der Waals surface area contributed by atoms with Gasteiger partial charge in [0.1, 0.15) is 0 Å². The molecule has 0 aromatic carbocycles. The Balaban J connectivity index is 1.41. The normalized spacial score (nSPS) is 20.5. The first-order chi connectivity index (χ1) is 12.8. The monoisotopic (exact) mass is 347 g/mol. The molecule has 132 valence electrons. The number of rotatable bonds is 3. The van der Waals surface area contributed by atoms with Crippen molar-refractivity contribution in [2.75, 3.05) is 13.1 Å². The lowest BCUT2D eigenvalue weighted by Crippen LogP contribution is -2.40. The zero-order chi connectivity index (χ0) is 17.5. The molecule has 0 N–H and O–H groups in total. The highest BCUT2D eigenvalue weighted by molar-refractivity contribution is 5.81. The molecule has 6 nitrogen and oxygen atoms in total. The van der Waals surface area contributed by atoms with Crippen molar-refractivity contribution in [1.82, 2.24) is 24.5 Å². The molecule has 0 bridgehead atoms. The maximum atomic E-state index is 12.4. The standard InChI is InChI=1S/C20H21N5O/c26-20(15-3-4-15)24-11-1-2-17(12-24)19-22-18-6-5-16(13-25(18)23-19)14-7-9-21-10-8-14/h5-10,13,15,17H,1-4,11-12H2. The van der Waals surface area contributed by atoms with Gasteiger partial charge in [-0.1, -0.05) is 0 Å². The maximum Gasteiger partial charge on any atom is 0.225 e. The Bertz CT molecular complexity index is 947. The first kappa shape index (κ1) is 15.5. The van der Waals surface area contributed by atoms with Gasteiger partial charge in [-0.25, -0.2) is 9.50 Å². The lowest BCUT2D eigenvalue weighted by molar-refractivity contribution is -0.133. The lowest BCUT2D eigenvalue weighted by atomic mass is 9.97. The molecule has 1 saturated heterocycles. The number of amides is 1. The van der Waals surface area contributed by atoms with E-state index < -0.39 is 0 Å². The van der Waals surface area contributed by atoms with Crippen LogP contribution >= 0.6 is 0 Å². The number of hydrogen-bond donors (Lipinski definition) is 0. The quantitative estimate of drug-likeness (QED) is 0.731. The molecule has 2 aliphatic rings. The van der Waals surface area contributed by atoms with Crippen LogP contribution in [0.2, 0.25) is 0 Å². The van der Waals surface area contributed by atoms with Crippen molar-refractivity contribution in [3.8, 4) is 11.1 Å². The van der Waals surface area contributed by atoms with Crippen molar-refractivity contribution in [2.45, 2.75) is 31.6 Å². The van der Waals surface area contributed by atoms with Crippen molar-refractivity contribution in [3.05, 3.63) is 48.7 Å². The third kappa shape index (κ3) is 2.85. The third-order valence-electron chi connectivity index (χ3n) is 5.39. The van der Waals surface area contributed by atoms with E-state index in [2.05, 4.69) is 11.1 Å². The molecule has 5 rings (SSSR count). The SMILES string of the molecule is O=C(C1CC1)N1CCCC(c2nc3ccc(-c4ccncc4)cn3n2)C1. The Kier molecular flexibility index (Phi) is 3.69. The highest BCUT2D eigenvalue weighted by Gasteiger charge is 2.36. The number of hydrogen-bond acceptors (Lipinski definition) is 4. The Labute approximate surface area is 151 Å². The van der Waals surface area contributed by atoms with Gasteiger partial charge >= 0.3 is 0 Å². The van der Waals surface area contributed by atoms with E-state index in [1.165, 1.54) is 0 Å². The molecule has 3 aromatic heterocycles. The van der Waals surface area contributed by atoms with Crippen LogP contribution in [-0.2, 0) is 4.79 Å². The lowest BCUT2D eigenvalue weighted by Gasteiger charge is -2.31. The zero-order valence-electron chi connectivity index (χ0n) is 14.6. The van der Waals surface area contributed by atoms with E-state index in [0.717, 1.165) is 61.4 Å². The summed E-state index contributed by atoms with van der Waals surface area (Å²) >= 11 is 0. The predicted octanol–water partition coefficient (Wildman–Crippen LogP) is 2.91. The van der Waals surface area contributed by atoms with Gasteiger partial charge in [0.05, 0.1) is 0 Å². The molecular formula is C20H21N5O. The fourth-order valence-electron chi connectivity index (χ4n) is 3.76. The maximum absolute atomic E-state index is 12.4. The minimum atomic E-state index is 0.232. The van der Waals surface area contributed by atoms with Crippen molar-refractivity contribution in [2.24, 2.45) is 5.92 Å². The fourth-order valence-corrected chi connectivity index (χ4v) is 3.76. The number of carbonyl (C=O) groups is 1. The van der Waals surface area contributed by atoms with Crippen LogP contribution in [0.15, 0.2) is 42.9 Å². The second-order valence-corrected chi connectivity index (χ2v) is 7.32. The molecule has 2 fully saturated rings. The highest BCUT2D eigenvalue weighted by atomic mass is 16.2. The minimum Gasteiger partial charge on any atom is -0.342 e. The summed E-state index contributed by atoms with van der Waals surface area (Å²) in [5.74, 6) is 1.70. The molecule has 4 heterocycles. The van der Waals surface area contributed by atoms with Gasteiger partial charge in [0, 0.05) is 49.1 Å². The molecule has 1 aliphatic carbocycles. The Morgan fingerprint density at radius 3 is 2.69 bits per heavy atom. The number of fused-ring (bicyclic) bond motifs is 1. The summed E-state index contributed by atoms with van der Waals surface area (Å²) in [4.78, 5) is 23.2. The smallest absolute Gasteiger partial charge is 0.225 e. The molecule has 1 saturated carbocycles. The predicted molar refractivity (Wildman–Crippen MR) is 97.5 cm³/mol. The average molecular weight is 347 g/mol. The van der Waals surface area contributed by atoms with Crippen LogP contribution in [0.3, 0.4) is 0 Å². The number of carbonyl (C=O) groups excluding carboxylic acids is 1. The second kappa shape index (κ2) is 6.20. The Hall–Kier alpha value is -2.76. The van der Waals surface area contributed by atoms with Gasteiger partial charge in [0.15, 0.2) is 11.5 Å². The summed E-state index contributed by atoms with van der Waals surface area (Å²) < 4.78 is 1.85. The first-order valence-corrected chi connectivity index (χ1v) is 9.33. The molecule has 1 unspecified atom stereocenters. The van der Waals surface area contributed by atoms with Crippen LogP contribution in [0.1, 0.15) is 37.4 Å². The van der Waals surface area contributed by atoms with Gasteiger partial charge < -0.3 is 4.90 Å². The zero-order valence-corrected chi connectivity index (χ0v) is 14.6. The summed E-state index contributed by atoms with van der Waals surface area (Å²) in [7, 11) is 0. The number of nitrogens with zero attached hydrogens (tertiary/aromatic N) is 5. The van der Waals surface area contributed by atoms with Gasteiger partial charge in [-0.15, -0.1) is 0 Å². The molecule has 3 aromatic rings. The number of aromatic nitrogens is 4. The van der Waals surface area contributed by atoms with Gasteiger partial charge in [-0.2, -0.15) is 5.10 Å². The summed E-state index contributed by atoms with van der Waals surface area (Å²) in [6, 6.07) is 8.04. The Morgan fingerprint density at radius 2 is 1.88 bits per heavy atom. The third-order valence-corrected chi connectivity index (χ3v) is 5.39. The van der Waals surface area contributed by atoms with Crippen LogP contribution in [-0.4, -0.2) is 43.5 Å². The molecule has 1 aliphatic heterocycles.